The van der Waals surface area contributed by atoms with E-state index >= 15 is 0 Å². The third kappa shape index (κ3) is 3.90. The first-order valence-electron chi connectivity index (χ1n) is 8.93. The van der Waals surface area contributed by atoms with Gasteiger partial charge in [-0.1, -0.05) is 29.8 Å². The molecule has 1 aliphatic carbocycles. The Morgan fingerprint density at radius 2 is 2.00 bits per heavy atom. The van der Waals surface area contributed by atoms with Gasteiger partial charge < -0.3 is 15.5 Å². The van der Waals surface area contributed by atoms with Crippen LogP contribution in [-0.4, -0.2) is 22.6 Å². The predicted molar refractivity (Wildman–Crippen MR) is 95.0 cm³/mol. The highest BCUT2D eigenvalue weighted by Gasteiger charge is 2.50. The van der Waals surface area contributed by atoms with Crippen LogP contribution in [-0.2, 0) is 10.2 Å². The predicted octanol–water partition coefficient (Wildman–Crippen LogP) is 2.76. The molecule has 1 atom stereocenters. The normalized spacial score (nSPS) is 16.4. The summed E-state index contributed by atoms with van der Waals surface area (Å²) in [7, 11) is 0. The standard InChI is InChI=1S/C19H26N4O2/c1-13-6-8-15(9-7-13)19(10-11-19)18-23-22-17(25-18)16(21-14(2)24)5-3-4-12-20/h6-9,16H,3-5,10-12,20H2,1-2H3,(H,21,24)/t16-/m0/s1. The van der Waals surface area contributed by atoms with E-state index in [4.69, 9.17) is 10.2 Å². The average molecular weight is 342 g/mol. The lowest BCUT2D eigenvalue weighted by Crippen LogP contribution is -2.26. The molecule has 1 aromatic heterocycles. The van der Waals surface area contributed by atoms with Crippen LogP contribution < -0.4 is 11.1 Å². The van der Waals surface area contributed by atoms with Crippen molar-refractivity contribution in [3.05, 3.63) is 47.2 Å². The summed E-state index contributed by atoms with van der Waals surface area (Å²) < 4.78 is 6.02. The zero-order valence-corrected chi connectivity index (χ0v) is 14.9. The van der Waals surface area contributed by atoms with Crippen molar-refractivity contribution < 1.29 is 9.21 Å². The summed E-state index contributed by atoms with van der Waals surface area (Å²) in [4.78, 5) is 11.5. The van der Waals surface area contributed by atoms with E-state index < -0.39 is 0 Å². The van der Waals surface area contributed by atoms with Gasteiger partial charge in [0, 0.05) is 6.92 Å². The van der Waals surface area contributed by atoms with Gasteiger partial charge in [-0.05, 0) is 51.1 Å². The van der Waals surface area contributed by atoms with Crippen molar-refractivity contribution in [1.29, 1.82) is 0 Å². The van der Waals surface area contributed by atoms with Crippen molar-refractivity contribution in [2.75, 3.05) is 6.54 Å². The molecule has 1 aliphatic rings. The first-order valence-corrected chi connectivity index (χ1v) is 8.93. The number of nitrogens with two attached hydrogens (primary N) is 1. The Kier molecular flexibility index (Phi) is 5.18. The van der Waals surface area contributed by atoms with Crippen LogP contribution >= 0.6 is 0 Å². The molecule has 2 aromatic rings. The van der Waals surface area contributed by atoms with E-state index in [-0.39, 0.29) is 17.4 Å². The number of rotatable bonds is 8. The first kappa shape index (κ1) is 17.6. The fourth-order valence-corrected chi connectivity index (χ4v) is 3.19. The molecule has 1 amide bonds. The van der Waals surface area contributed by atoms with Gasteiger partial charge in [0.15, 0.2) is 0 Å². The van der Waals surface area contributed by atoms with E-state index in [0.717, 1.165) is 32.1 Å². The molecule has 6 nitrogen and oxygen atoms in total. The summed E-state index contributed by atoms with van der Waals surface area (Å²) in [6.07, 6.45) is 4.58. The number of nitrogens with one attached hydrogen (secondary N) is 1. The van der Waals surface area contributed by atoms with Gasteiger partial charge in [-0.3, -0.25) is 4.79 Å². The fraction of sp³-hybridized carbons (Fsp3) is 0.526. The molecule has 3 rings (SSSR count). The van der Waals surface area contributed by atoms with Gasteiger partial charge in [-0.15, -0.1) is 10.2 Å². The summed E-state index contributed by atoms with van der Waals surface area (Å²) in [6, 6.07) is 8.25. The topological polar surface area (TPSA) is 94.0 Å². The third-order valence-electron chi connectivity index (χ3n) is 4.83. The zero-order chi connectivity index (χ0) is 17.9. The first-order chi connectivity index (χ1) is 12.0. The Balaban J connectivity index is 1.80. The SMILES string of the molecule is CC(=O)N[C@@H](CCCCN)c1nnc(C2(c3ccc(C)cc3)CC2)o1. The number of amides is 1. The Morgan fingerprint density at radius 1 is 1.28 bits per heavy atom. The number of benzene rings is 1. The molecule has 1 saturated carbocycles. The number of carbonyl (C=O) groups excluding carboxylic acids is 1. The zero-order valence-electron chi connectivity index (χ0n) is 14.9. The maximum absolute atomic E-state index is 11.5. The van der Waals surface area contributed by atoms with Crippen molar-refractivity contribution in [3.63, 3.8) is 0 Å². The Labute approximate surface area is 148 Å². The second-order valence-corrected chi connectivity index (χ2v) is 6.93. The van der Waals surface area contributed by atoms with Crippen LogP contribution in [0.15, 0.2) is 28.7 Å². The Morgan fingerprint density at radius 3 is 2.60 bits per heavy atom. The highest BCUT2D eigenvalue weighted by atomic mass is 16.4. The van der Waals surface area contributed by atoms with Gasteiger partial charge in [0.05, 0.1) is 5.41 Å². The van der Waals surface area contributed by atoms with Crippen LogP contribution in [0.2, 0.25) is 0 Å². The van der Waals surface area contributed by atoms with Gasteiger partial charge in [0.25, 0.3) is 0 Å². The van der Waals surface area contributed by atoms with Crippen molar-refractivity contribution in [1.82, 2.24) is 15.5 Å². The molecule has 134 valence electrons. The second-order valence-electron chi connectivity index (χ2n) is 6.93. The molecule has 6 heteroatoms. The highest BCUT2D eigenvalue weighted by Crippen LogP contribution is 2.53. The fourth-order valence-electron chi connectivity index (χ4n) is 3.19. The average Bonchev–Trinajstić information content (AvgIpc) is 3.24. The summed E-state index contributed by atoms with van der Waals surface area (Å²) in [5, 5.41) is 11.5. The van der Waals surface area contributed by atoms with Crippen LogP contribution in [0.25, 0.3) is 0 Å². The lowest BCUT2D eigenvalue weighted by atomic mass is 9.95. The molecule has 3 N–H and O–H groups in total. The molecule has 0 bridgehead atoms. The molecule has 0 saturated heterocycles. The van der Waals surface area contributed by atoms with Crippen LogP contribution in [0, 0.1) is 6.92 Å². The minimum Gasteiger partial charge on any atom is -0.422 e. The molecule has 25 heavy (non-hydrogen) atoms. The Bertz CT molecular complexity index is 719. The molecule has 1 fully saturated rings. The molecular formula is C19H26N4O2. The number of carbonyl (C=O) groups is 1. The number of aromatic nitrogens is 2. The maximum Gasteiger partial charge on any atom is 0.238 e. The second kappa shape index (κ2) is 7.35. The van der Waals surface area contributed by atoms with Crippen LogP contribution in [0.3, 0.4) is 0 Å². The van der Waals surface area contributed by atoms with Crippen molar-refractivity contribution in [2.45, 2.75) is 57.4 Å². The smallest absolute Gasteiger partial charge is 0.238 e. The van der Waals surface area contributed by atoms with Crippen LogP contribution in [0.4, 0.5) is 0 Å². The molecular weight excluding hydrogens is 316 g/mol. The van der Waals surface area contributed by atoms with Gasteiger partial charge in [-0.25, -0.2) is 0 Å². The van der Waals surface area contributed by atoms with Crippen LogP contribution in [0.1, 0.15) is 68.0 Å². The largest absolute Gasteiger partial charge is 0.422 e. The van der Waals surface area contributed by atoms with Crippen molar-refractivity contribution in [3.8, 4) is 0 Å². The summed E-state index contributed by atoms with van der Waals surface area (Å²) >= 11 is 0. The van der Waals surface area contributed by atoms with E-state index in [9.17, 15) is 4.79 Å². The molecule has 1 heterocycles. The summed E-state index contributed by atoms with van der Waals surface area (Å²) in [6.45, 7) is 4.22. The van der Waals surface area contributed by atoms with Gasteiger partial charge >= 0.3 is 0 Å². The number of hydrogen-bond donors (Lipinski definition) is 2. The lowest BCUT2D eigenvalue weighted by molar-refractivity contribution is -0.119. The van der Waals surface area contributed by atoms with Gasteiger partial charge in [-0.2, -0.15) is 0 Å². The number of nitrogens with zero attached hydrogens (tertiary/aromatic N) is 2. The number of aryl methyl sites for hydroxylation is 1. The molecule has 0 aliphatic heterocycles. The quantitative estimate of drug-likeness (QED) is 0.719. The van der Waals surface area contributed by atoms with E-state index in [1.807, 2.05) is 0 Å². The molecule has 0 radical (unpaired) electrons. The van der Waals surface area contributed by atoms with Gasteiger partial charge in [0.2, 0.25) is 17.7 Å². The van der Waals surface area contributed by atoms with Crippen molar-refractivity contribution in [2.24, 2.45) is 5.73 Å². The molecule has 0 spiro atoms. The highest BCUT2D eigenvalue weighted by molar-refractivity contribution is 5.73. The minimum absolute atomic E-state index is 0.0998. The van der Waals surface area contributed by atoms with Gasteiger partial charge in [0.1, 0.15) is 6.04 Å². The summed E-state index contributed by atoms with van der Waals surface area (Å²) in [5.74, 6) is 1.04. The van der Waals surface area contributed by atoms with E-state index in [1.165, 1.54) is 18.1 Å². The lowest BCUT2D eigenvalue weighted by Gasteiger charge is -2.14. The van der Waals surface area contributed by atoms with E-state index in [0.29, 0.717) is 18.3 Å². The number of hydrogen-bond acceptors (Lipinski definition) is 5. The summed E-state index contributed by atoms with van der Waals surface area (Å²) in [5.41, 5.74) is 7.85. The molecule has 1 aromatic carbocycles. The van der Waals surface area contributed by atoms with Crippen LogP contribution in [0.5, 0.6) is 0 Å². The van der Waals surface area contributed by atoms with E-state index in [1.54, 1.807) is 0 Å². The third-order valence-corrected chi connectivity index (χ3v) is 4.83. The Hall–Kier alpha value is -2.21. The van der Waals surface area contributed by atoms with Crippen molar-refractivity contribution >= 4 is 5.91 Å². The maximum atomic E-state index is 11.5. The van der Waals surface area contributed by atoms with E-state index in [2.05, 4.69) is 46.7 Å². The monoisotopic (exact) mass is 342 g/mol. The number of unbranched alkanes of at least 4 members (excludes halogenated alkanes) is 1. The molecule has 0 unspecified atom stereocenters. The minimum atomic E-state index is -0.251.